The molecule has 1 saturated heterocycles. The zero-order valence-corrected chi connectivity index (χ0v) is 15.2. The second-order valence-electron chi connectivity index (χ2n) is 5.57. The number of carbonyl (C=O) groups is 2. The van der Waals surface area contributed by atoms with Crippen LogP contribution >= 0.6 is 15.9 Å². The molecule has 1 heterocycles. The fraction of sp³-hybridized carbons (Fsp3) is 0.467. The number of nitrogens with one attached hydrogen (secondary N) is 1. The molecule has 2 rings (SSSR count). The number of halogens is 1. The van der Waals surface area contributed by atoms with Crippen LogP contribution in [0.15, 0.2) is 28.7 Å². The number of nitrogens with zero attached hydrogens (tertiary/aromatic N) is 1. The maximum absolute atomic E-state index is 12.1. The molecule has 0 radical (unpaired) electrons. The lowest BCUT2D eigenvalue weighted by molar-refractivity contribution is -0.131. The van der Waals surface area contributed by atoms with E-state index in [0.29, 0.717) is 12.0 Å². The Morgan fingerprint density at radius 1 is 1.30 bits per heavy atom. The Morgan fingerprint density at radius 3 is 2.52 bits per heavy atom. The molecular formula is C15H19BrN2O4S. The van der Waals surface area contributed by atoms with Gasteiger partial charge in [0.1, 0.15) is 0 Å². The Bertz CT molecular complexity index is 688. The zero-order valence-electron chi connectivity index (χ0n) is 12.8. The van der Waals surface area contributed by atoms with Crippen LogP contribution in [0.25, 0.3) is 0 Å². The van der Waals surface area contributed by atoms with Crippen LogP contribution in [-0.2, 0) is 14.6 Å². The van der Waals surface area contributed by atoms with E-state index in [4.69, 9.17) is 0 Å². The highest BCUT2D eigenvalue weighted by atomic mass is 79.9. The Labute approximate surface area is 144 Å². The van der Waals surface area contributed by atoms with E-state index in [1.165, 1.54) is 4.90 Å². The van der Waals surface area contributed by atoms with Crippen molar-refractivity contribution in [3.8, 4) is 0 Å². The van der Waals surface area contributed by atoms with Gasteiger partial charge in [0, 0.05) is 36.1 Å². The van der Waals surface area contributed by atoms with Gasteiger partial charge in [0.05, 0.1) is 11.5 Å². The first-order chi connectivity index (χ1) is 10.8. The molecule has 1 N–H and O–H groups in total. The lowest BCUT2D eigenvalue weighted by Gasteiger charge is -2.23. The number of hydrogen-bond acceptors (Lipinski definition) is 4. The standard InChI is InChI=1S/C15H19BrN2O4S/c1-18(13-7-9-23(21,22)10-13)14(19)6-8-17-15(20)11-2-4-12(16)5-3-11/h2-5,13H,6-10H2,1H3,(H,17,20). The van der Waals surface area contributed by atoms with E-state index in [1.54, 1.807) is 31.3 Å². The zero-order chi connectivity index (χ0) is 17.0. The summed E-state index contributed by atoms with van der Waals surface area (Å²) in [5.41, 5.74) is 0.524. The van der Waals surface area contributed by atoms with Crippen LogP contribution in [0.1, 0.15) is 23.2 Å². The average Bonchev–Trinajstić information content (AvgIpc) is 2.87. The first kappa shape index (κ1) is 17.9. The van der Waals surface area contributed by atoms with E-state index in [0.717, 1.165) is 4.47 Å². The first-order valence-corrected chi connectivity index (χ1v) is 9.90. The third kappa shape index (κ3) is 5.04. The molecule has 6 nitrogen and oxygen atoms in total. The quantitative estimate of drug-likeness (QED) is 0.802. The summed E-state index contributed by atoms with van der Waals surface area (Å²) in [4.78, 5) is 25.5. The maximum Gasteiger partial charge on any atom is 0.251 e. The van der Waals surface area contributed by atoms with Gasteiger partial charge in [0.25, 0.3) is 5.91 Å². The van der Waals surface area contributed by atoms with Crippen LogP contribution in [0.3, 0.4) is 0 Å². The Morgan fingerprint density at radius 2 is 1.96 bits per heavy atom. The van der Waals surface area contributed by atoms with Crippen molar-refractivity contribution in [1.29, 1.82) is 0 Å². The number of rotatable bonds is 5. The van der Waals surface area contributed by atoms with Crippen LogP contribution in [0, 0.1) is 0 Å². The van der Waals surface area contributed by atoms with Gasteiger partial charge >= 0.3 is 0 Å². The summed E-state index contributed by atoms with van der Waals surface area (Å²) >= 11 is 3.30. The van der Waals surface area contributed by atoms with Gasteiger partial charge in [0.2, 0.25) is 5.91 Å². The van der Waals surface area contributed by atoms with Gasteiger partial charge in [-0.1, -0.05) is 15.9 Å². The highest BCUT2D eigenvalue weighted by Crippen LogP contribution is 2.17. The molecule has 0 aliphatic carbocycles. The van der Waals surface area contributed by atoms with E-state index in [-0.39, 0.29) is 42.3 Å². The van der Waals surface area contributed by atoms with Crippen molar-refractivity contribution in [2.24, 2.45) is 0 Å². The highest BCUT2D eigenvalue weighted by Gasteiger charge is 2.32. The largest absolute Gasteiger partial charge is 0.352 e. The molecule has 126 valence electrons. The monoisotopic (exact) mass is 402 g/mol. The van der Waals surface area contributed by atoms with Crippen LogP contribution in [0.2, 0.25) is 0 Å². The van der Waals surface area contributed by atoms with E-state index < -0.39 is 9.84 Å². The Balaban J connectivity index is 1.78. The summed E-state index contributed by atoms with van der Waals surface area (Å²) in [5, 5.41) is 2.69. The van der Waals surface area contributed by atoms with E-state index in [9.17, 15) is 18.0 Å². The van der Waals surface area contributed by atoms with E-state index >= 15 is 0 Å². The molecule has 1 unspecified atom stereocenters. The van der Waals surface area contributed by atoms with Gasteiger partial charge in [-0.05, 0) is 30.7 Å². The lowest BCUT2D eigenvalue weighted by Crippen LogP contribution is -2.39. The van der Waals surface area contributed by atoms with Crippen molar-refractivity contribution in [1.82, 2.24) is 10.2 Å². The van der Waals surface area contributed by atoms with Gasteiger partial charge in [-0.3, -0.25) is 9.59 Å². The molecule has 2 amide bonds. The number of amides is 2. The van der Waals surface area contributed by atoms with Crippen molar-refractivity contribution in [3.05, 3.63) is 34.3 Å². The highest BCUT2D eigenvalue weighted by molar-refractivity contribution is 9.10. The van der Waals surface area contributed by atoms with Crippen molar-refractivity contribution in [2.75, 3.05) is 25.1 Å². The Hall–Kier alpha value is -1.41. The molecule has 1 aromatic carbocycles. The predicted molar refractivity (Wildman–Crippen MR) is 90.9 cm³/mol. The number of sulfone groups is 1. The molecule has 0 saturated carbocycles. The van der Waals surface area contributed by atoms with Gasteiger partial charge in [-0.15, -0.1) is 0 Å². The average molecular weight is 403 g/mol. The van der Waals surface area contributed by atoms with Crippen molar-refractivity contribution in [2.45, 2.75) is 18.9 Å². The molecule has 1 atom stereocenters. The number of carbonyl (C=O) groups excluding carboxylic acids is 2. The van der Waals surface area contributed by atoms with Gasteiger partial charge in [-0.2, -0.15) is 0 Å². The van der Waals surface area contributed by atoms with Crippen molar-refractivity contribution < 1.29 is 18.0 Å². The van der Waals surface area contributed by atoms with E-state index in [1.807, 2.05) is 0 Å². The Kier molecular flexibility index (Phi) is 5.80. The fourth-order valence-electron chi connectivity index (χ4n) is 2.45. The molecule has 1 aliphatic rings. The molecule has 23 heavy (non-hydrogen) atoms. The fourth-order valence-corrected chi connectivity index (χ4v) is 4.49. The third-order valence-corrected chi connectivity index (χ3v) is 6.16. The predicted octanol–water partition coefficient (Wildman–Crippen LogP) is 1.21. The lowest BCUT2D eigenvalue weighted by atomic mass is 10.2. The van der Waals surface area contributed by atoms with Crippen LogP contribution in [0.5, 0.6) is 0 Å². The molecule has 0 bridgehead atoms. The molecule has 1 aliphatic heterocycles. The topological polar surface area (TPSA) is 83.6 Å². The molecular weight excluding hydrogens is 384 g/mol. The minimum absolute atomic E-state index is 0.0283. The van der Waals surface area contributed by atoms with Gasteiger partial charge in [-0.25, -0.2) is 8.42 Å². The van der Waals surface area contributed by atoms with Crippen LogP contribution in [-0.4, -0.2) is 56.3 Å². The summed E-state index contributed by atoms with van der Waals surface area (Å²) in [6.45, 7) is 0.220. The number of hydrogen-bond donors (Lipinski definition) is 1. The van der Waals surface area contributed by atoms with Crippen LogP contribution in [0.4, 0.5) is 0 Å². The SMILES string of the molecule is CN(C(=O)CCNC(=O)c1ccc(Br)cc1)C1CCS(=O)(=O)C1. The van der Waals surface area contributed by atoms with Crippen LogP contribution < -0.4 is 5.32 Å². The second-order valence-corrected chi connectivity index (χ2v) is 8.72. The normalized spacial score (nSPS) is 19.3. The minimum Gasteiger partial charge on any atom is -0.352 e. The molecule has 0 aromatic heterocycles. The summed E-state index contributed by atoms with van der Waals surface area (Å²) in [5.74, 6) is -0.240. The maximum atomic E-state index is 12.1. The summed E-state index contributed by atoms with van der Waals surface area (Å²) in [6, 6.07) is 6.67. The molecule has 8 heteroatoms. The number of benzene rings is 1. The van der Waals surface area contributed by atoms with Crippen molar-refractivity contribution in [3.63, 3.8) is 0 Å². The summed E-state index contributed by atoms with van der Waals surface area (Å²) in [6.07, 6.45) is 0.630. The molecule has 1 aromatic rings. The minimum atomic E-state index is -3.01. The molecule has 1 fully saturated rings. The smallest absolute Gasteiger partial charge is 0.251 e. The van der Waals surface area contributed by atoms with Gasteiger partial charge in [0.15, 0.2) is 9.84 Å². The second kappa shape index (κ2) is 7.44. The summed E-state index contributed by atoms with van der Waals surface area (Å²) < 4.78 is 23.8. The summed E-state index contributed by atoms with van der Waals surface area (Å²) in [7, 11) is -1.40. The molecule has 0 spiro atoms. The first-order valence-electron chi connectivity index (χ1n) is 7.28. The van der Waals surface area contributed by atoms with Crippen molar-refractivity contribution >= 4 is 37.6 Å². The third-order valence-electron chi connectivity index (χ3n) is 3.88. The van der Waals surface area contributed by atoms with E-state index in [2.05, 4.69) is 21.2 Å². The van der Waals surface area contributed by atoms with Gasteiger partial charge < -0.3 is 10.2 Å².